The molecule has 2 aromatic carbocycles. The highest BCUT2D eigenvalue weighted by Crippen LogP contribution is 2.52. The topological polar surface area (TPSA) is 99.7 Å². The van der Waals surface area contributed by atoms with E-state index in [2.05, 4.69) is 0 Å². The summed E-state index contributed by atoms with van der Waals surface area (Å²) in [6, 6.07) is 5.62. The summed E-state index contributed by atoms with van der Waals surface area (Å²) in [5, 5.41) is 14.6. The molecule has 0 saturated carbocycles. The summed E-state index contributed by atoms with van der Waals surface area (Å²) in [5.41, 5.74) is 15.2. The molecule has 6 N–H and O–H groups in total. The molecule has 0 aliphatic heterocycles. The largest absolute Gasteiger partial charge is 0.379 e. The van der Waals surface area contributed by atoms with Crippen molar-refractivity contribution in [1.82, 2.24) is 0 Å². The zero-order chi connectivity index (χ0) is 17.4. The van der Waals surface area contributed by atoms with Crippen molar-refractivity contribution in [3.8, 4) is 22.3 Å². The highest BCUT2D eigenvalue weighted by molar-refractivity contribution is 8.13. The lowest BCUT2D eigenvalue weighted by Crippen LogP contribution is -2.10. The van der Waals surface area contributed by atoms with Crippen molar-refractivity contribution < 1.29 is 8.78 Å². The minimum absolute atomic E-state index is 0.0426. The number of thioether (sulfide) groups is 2. The van der Waals surface area contributed by atoms with Crippen molar-refractivity contribution in [3.05, 3.63) is 47.0 Å². The lowest BCUT2D eigenvalue weighted by molar-refractivity contribution is 0.623. The second-order valence-corrected chi connectivity index (χ2v) is 7.32. The van der Waals surface area contributed by atoms with Gasteiger partial charge in [0.15, 0.2) is 10.3 Å². The third kappa shape index (κ3) is 3.11. The van der Waals surface area contributed by atoms with Crippen LogP contribution < -0.4 is 11.5 Å². The molecule has 0 radical (unpaired) electrons. The molecule has 2 aromatic rings. The maximum Gasteiger partial charge on any atom is 0.151 e. The normalized spacial score (nSPS) is 11.4. The molecule has 1 aliphatic carbocycles. The van der Waals surface area contributed by atoms with Crippen LogP contribution in [0, 0.1) is 22.5 Å². The maximum atomic E-state index is 13.9. The molecule has 8 heteroatoms. The molecule has 0 aromatic heterocycles. The molecule has 1 aliphatic rings. The average Bonchev–Trinajstić information content (AvgIpc) is 2.49. The fraction of sp³-hybridized carbons (Fsp3) is 0.125. The lowest BCUT2D eigenvalue weighted by Gasteiger charge is -2.29. The first-order valence-electron chi connectivity index (χ1n) is 6.96. The summed E-state index contributed by atoms with van der Waals surface area (Å²) in [6.07, 6.45) is 0. The Bertz CT molecular complexity index is 796. The second kappa shape index (κ2) is 6.45. The van der Waals surface area contributed by atoms with Crippen LogP contribution in [0.2, 0.25) is 0 Å². The van der Waals surface area contributed by atoms with Gasteiger partial charge in [-0.2, -0.15) is 0 Å². The van der Waals surface area contributed by atoms with Crippen LogP contribution >= 0.6 is 23.5 Å². The van der Waals surface area contributed by atoms with Gasteiger partial charge in [0.25, 0.3) is 0 Å². The van der Waals surface area contributed by atoms with Gasteiger partial charge in [-0.1, -0.05) is 23.5 Å². The predicted octanol–water partition coefficient (Wildman–Crippen LogP) is 3.87. The Morgan fingerprint density at radius 2 is 1.17 bits per heavy atom. The van der Waals surface area contributed by atoms with Gasteiger partial charge in [-0.3, -0.25) is 10.8 Å². The van der Waals surface area contributed by atoms with Gasteiger partial charge in [0.1, 0.15) is 11.6 Å². The smallest absolute Gasteiger partial charge is 0.151 e. The summed E-state index contributed by atoms with van der Waals surface area (Å²) >= 11 is 2.23. The molecule has 0 bridgehead atoms. The van der Waals surface area contributed by atoms with Gasteiger partial charge < -0.3 is 11.5 Å². The first-order chi connectivity index (χ1) is 11.4. The van der Waals surface area contributed by atoms with E-state index >= 15 is 0 Å². The van der Waals surface area contributed by atoms with E-state index < -0.39 is 11.6 Å². The van der Waals surface area contributed by atoms with E-state index in [-0.39, 0.29) is 10.3 Å². The van der Waals surface area contributed by atoms with Crippen LogP contribution in [0.15, 0.2) is 24.3 Å². The van der Waals surface area contributed by atoms with E-state index in [9.17, 15) is 8.78 Å². The molecular formula is C16H14F2N4S2. The van der Waals surface area contributed by atoms with Crippen molar-refractivity contribution >= 4 is 33.9 Å². The lowest BCUT2D eigenvalue weighted by atomic mass is 9.76. The van der Waals surface area contributed by atoms with Gasteiger partial charge in [0, 0.05) is 11.5 Å². The zero-order valence-corrected chi connectivity index (χ0v) is 14.1. The third-order valence-corrected chi connectivity index (χ3v) is 5.21. The maximum absolute atomic E-state index is 13.9. The third-order valence-electron chi connectivity index (χ3n) is 3.68. The minimum atomic E-state index is -0.400. The van der Waals surface area contributed by atoms with Gasteiger partial charge in [0.2, 0.25) is 0 Å². The van der Waals surface area contributed by atoms with E-state index in [0.29, 0.717) is 22.6 Å². The van der Waals surface area contributed by atoms with Crippen LogP contribution in [0.25, 0.3) is 22.3 Å². The van der Waals surface area contributed by atoms with Crippen molar-refractivity contribution in [2.24, 2.45) is 11.5 Å². The number of benzene rings is 2. The van der Waals surface area contributed by atoms with Crippen LogP contribution in [-0.4, -0.2) is 10.3 Å². The molecule has 0 amide bonds. The van der Waals surface area contributed by atoms with Gasteiger partial charge in [-0.05, 0) is 57.6 Å². The zero-order valence-electron chi connectivity index (χ0n) is 12.5. The molecule has 124 valence electrons. The average molecular weight is 364 g/mol. The number of amidine groups is 2. The Kier molecular flexibility index (Phi) is 4.51. The van der Waals surface area contributed by atoms with E-state index in [0.717, 1.165) is 45.8 Å². The summed E-state index contributed by atoms with van der Waals surface area (Å²) in [5.74, 6) is -0.0678. The molecule has 24 heavy (non-hydrogen) atoms. The molecule has 0 spiro atoms. The van der Waals surface area contributed by atoms with Crippen LogP contribution in [0.4, 0.5) is 8.78 Å². The number of rotatable bonds is 4. The molecular weight excluding hydrogens is 350 g/mol. The number of hydrogen-bond donors (Lipinski definition) is 4. The standard InChI is InChI=1S/C16H14F2N4S2/c17-9-1-7(5-23-15(19)20)13-11(3-9)12-4-10(18)2-8(14(12)13)6-24-16(21)22/h1-4H,5-6H2,(H3,19,20)(H3,21,22). The van der Waals surface area contributed by atoms with E-state index in [1.165, 1.54) is 24.3 Å². The van der Waals surface area contributed by atoms with Crippen LogP contribution in [-0.2, 0) is 11.5 Å². The fourth-order valence-electron chi connectivity index (χ4n) is 2.82. The van der Waals surface area contributed by atoms with E-state index in [4.69, 9.17) is 22.3 Å². The summed E-state index contributed by atoms with van der Waals surface area (Å²) in [7, 11) is 0. The molecule has 4 nitrogen and oxygen atoms in total. The van der Waals surface area contributed by atoms with Gasteiger partial charge in [0.05, 0.1) is 0 Å². The first kappa shape index (κ1) is 16.8. The summed E-state index contributed by atoms with van der Waals surface area (Å²) in [4.78, 5) is 0. The quantitative estimate of drug-likeness (QED) is 0.417. The molecule has 0 unspecified atom stereocenters. The van der Waals surface area contributed by atoms with Crippen LogP contribution in [0.3, 0.4) is 0 Å². The number of fused-ring (bicyclic) bond motifs is 4. The molecule has 3 rings (SSSR count). The van der Waals surface area contributed by atoms with Crippen molar-refractivity contribution in [2.75, 3.05) is 0 Å². The Labute approximate surface area is 146 Å². The van der Waals surface area contributed by atoms with Crippen molar-refractivity contribution in [1.29, 1.82) is 10.8 Å². The van der Waals surface area contributed by atoms with Crippen molar-refractivity contribution in [2.45, 2.75) is 11.5 Å². The Morgan fingerprint density at radius 3 is 1.50 bits per heavy atom. The first-order valence-corrected chi connectivity index (χ1v) is 8.93. The SMILES string of the molecule is N=C(N)SCc1cc(F)cc2c1-c1c(CSC(=N)N)cc(F)cc1-2. The highest BCUT2D eigenvalue weighted by Gasteiger charge is 2.30. The second-order valence-electron chi connectivity index (χ2n) is 5.28. The predicted molar refractivity (Wildman–Crippen MR) is 97.2 cm³/mol. The molecule has 0 heterocycles. The van der Waals surface area contributed by atoms with Gasteiger partial charge in [-0.25, -0.2) is 8.78 Å². The number of halogens is 2. The van der Waals surface area contributed by atoms with Crippen LogP contribution in [0.1, 0.15) is 11.1 Å². The summed E-state index contributed by atoms with van der Waals surface area (Å²) < 4.78 is 27.8. The Hall–Kier alpha value is -2.06. The molecule has 0 atom stereocenters. The van der Waals surface area contributed by atoms with Crippen LogP contribution in [0.5, 0.6) is 0 Å². The Balaban J connectivity index is 2.06. The molecule has 0 fully saturated rings. The van der Waals surface area contributed by atoms with Gasteiger partial charge >= 0.3 is 0 Å². The van der Waals surface area contributed by atoms with Gasteiger partial charge in [-0.15, -0.1) is 0 Å². The van der Waals surface area contributed by atoms with E-state index in [1.807, 2.05) is 0 Å². The minimum Gasteiger partial charge on any atom is -0.379 e. The highest BCUT2D eigenvalue weighted by atomic mass is 32.2. The number of nitrogens with one attached hydrogen (secondary N) is 2. The monoisotopic (exact) mass is 364 g/mol. The Morgan fingerprint density at radius 1 is 0.792 bits per heavy atom. The number of nitrogens with two attached hydrogens (primary N) is 2. The van der Waals surface area contributed by atoms with Crippen molar-refractivity contribution in [3.63, 3.8) is 0 Å². The molecule has 0 saturated heterocycles. The summed E-state index contributed by atoms with van der Waals surface area (Å²) in [6.45, 7) is 0. The number of hydrogen-bond acceptors (Lipinski definition) is 4. The van der Waals surface area contributed by atoms with E-state index in [1.54, 1.807) is 0 Å². The fourth-order valence-corrected chi connectivity index (χ4v) is 3.90.